The van der Waals surface area contributed by atoms with Crippen molar-refractivity contribution >= 4 is 11.8 Å². The molecule has 0 aromatic heterocycles. The molecule has 0 saturated heterocycles. The lowest BCUT2D eigenvalue weighted by Crippen LogP contribution is -2.32. The lowest BCUT2D eigenvalue weighted by Gasteiger charge is -2.35. The van der Waals surface area contributed by atoms with Crippen LogP contribution in [0.25, 0.3) is 0 Å². The topological polar surface area (TPSA) is 113 Å². The van der Waals surface area contributed by atoms with Crippen molar-refractivity contribution in [3.8, 4) is 11.5 Å². The average Bonchev–Trinajstić information content (AvgIpc) is 2.75. The molecule has 0 fully saturated rings. The van der Waals surface area contributed by atoms with Gasteiger partial charge in [0.15, 0.2) is 5.78 Å². The van der Waals surface area contributed by atoms with Crippen molar-refractivity contribution in [2.24, 2.45) is 5.92 Å². The van der Waals surface area contributed by atoms with Gasteiger partial charge in [0.2, 0.25) is 0 Å². The number of aliphatic hydroxyl groups excluding tert-OH is 1. The summed E-state index contributed by atoms with van der Waals surface area (Å²) in [4.78, 5) is 26.2. The summed E-state index contributed by atoms with van der Waals surface area (Å²) in [5, 5.41) is 33.3. The maximum absolute atomic E-state index is 13.5. The number of aromatic hydroxyl groups is 2. The van der Waals surface area contributed by atoms with E-state index in [4.69, 9.17) is 9.47 Å². The number of ketones is 1. The highest BCUT2D eigenvalue weighted by Gasteiger charge is 2.42. The maximum Gasteiger partial charge on any atom is 0.342 e. The van der Waals surface area contributed by atoms with E-state index in [1.54, 1.807) is 27.7 Å². The van der Waals surface area contributed by atoms with E-state index in [0.717, 1.165) is 5.57 Å². The van der Waals surface area contributed by atoms with Crippen LogP contribution in [0.4, 0.5) is 0 Å². The summed E-state index contributed by atoms with van der Waals surface area (Å²) in [6.45, 7) is 12.5. The van der Waals surface area contributed by atoms with Gasteiger partial charge in [0.05, 0.1) is 11.8 Å². The molecule has 2 heterocycles. The van der Waals surface area contributed by atoms with Gasteiger partial charge in [-0.05, 0) is 50.0 Å². The van der Waals surface area contributed by atoms with Crippen molar-refractivity contribution in [1.82, 2.24) is 0 Å². The molecule has 7 nitrogen and oxygen atoms in total. The molecule has 0 saturated carbocycles. The number of hydrogen-bond donors (Lipinski definition) is 3. The predicted molar refractivity (Wildman–Crippen MR) is 121 cm³/mol. The summed E-state index contributed by atoms with van der Waals surface area (Å²) >= 11 is 0. The number of cyclic esters (lactones) is 1. The fourth-order valence-electron chi connectivity index (χ4n) is 5.33. The first-order chi connectivity index (χ1) is 15.4. The first-order valence-electron chi connectivity index (χ1n) is 11.2. The second-order valence-electron chi connectivity index (χ2n) is 9.44. The number of fused-ring (bicyclic) bond motifs is 2. The van der Waals surface area contributed by atoms with E-state index < -0.39 is 29.5 Å². The van der Waals surface area contributed by atoms with Crippen molar-refractivity contribution in [2.45, 2.75) is 72.5 Å². The van der Waals surface area contributed by atoms with Crippen LogP contribution in [0.2, 0.25) is 0 Å². The minimum absolute atomic E-state index is 0.00304. The minimum atomic E-state index is -0.906. The van der Waals surface area contributed by atoms with Gasteiger partial charge in [0.25, 0.3) is 0 Å². The number of aliphatic hydroxyl groups is 1. The Labute approximate surface area is 193 Å². The molecule has 176 valence electrons. The number of carbonyl (C=O) groups excluding carboxylic acids is 2. The van der Waals surface area contributed by atoms with Gasteiger partial charge in [0.1, 0.15) is 35.0 Å². The Kier molecular flexibility index (Phi) is 5.34. The molecule has 33 heavy (non-hydrogen) atoms. The standard InChI is InChI=1S/C26H30O7/c1-9-14(6)32-8-16-17(9)12(4)22(27)19(24(16)29)11(3)20-23(28)13(5)18-10(2)15(7)33-26(31)21(18)25(20)30/h8-11,14-15,27-28,30H,1-7H3/t9-,10-,11+,14-,15-/m1/s1. The molecule has 7 heteroatoms. The highest BCUT2D eigenvalue weighted by atomic mass is 16.5. The van der Waals surface area contributed by atoms with E-state index in [2.05, 4.69) is 0 Å². The smallest absolute Gasteiger partial charge is 0.342 e. The van der Waals surface area contributed by atoms with Crippen LogP contribution in [0.5, 0.6) is 11.5 Å². The first kappa shape index (κ1) is 23.0. The van der Waals surface area contributed by atoms with Crippen LogP contribution in [0.15, 0.2) is 34.3 Å². The van der Waals surface area contributed by atoms with Crippen LogP contribution in [-0.2, 0) is 14.3 Å². The summed E-state index contributed by atoms with van der Waals surface area (Å²) in [6, 6.07) is 0. The first-order valence-corrected chi connectivity index (χ1v) is 11.2. The van der Waals surface area contributed by atoms with Gasteiger partial charge in [-0.1, -0.05) is 20.8 Å². The van der Waals surface area contributed by atoms with E-state index >= 15 is 0 Å². The van der Waals surface area contributed by atoms with Crippen molar-refractivity contribution in [3.05, 3.63) is 56.6 Å². The summed E-state index contributed by atoms with van der Waals surface area (Å²) in [7, 11) is 0. The Morgan fingerprint density at radius 1 is 0.939 bits per heavy atom. The number of hydrogen-bond acceptors (Lipinski definition) is 7. The van der Waals surface area contributed by atoms with E-state index in [-0.39, 0.29) is 46.1 Å². The third kappa shape index (κ3) is 3.09. The third-order valence-corrected chi connectivity index (χ3v) is 7.65. The zero-order valence-electron chi connectivity index (χ0n) is 19.9. The molecule has 0 unspecified atom stereocenters. The van der Waals surface area contributed by atoms with Crippen molar-refractivity contribution in [1.29, 1.82) is 0 Å². The SMILES string of the molecule is CC1=C2C(=CO[C@H](C)[C@H]2C)C(=O)C([C@H](C)c2c(O)c(C)c3c(c2O)C(=O)O[C@H](C)[C@H]3C)=C1O. The normalized spacial score (nSPS) is 28.0. The quantitative estimate of drug-likeness (QED) is 0.549. The molecular formula is C26H30O7. The van der Waals surface area contributed by atoms with E-state index in [9.17, 15) is 24.9 Å². The van der Waals surface area contributed by atoms with Gasteiger partial charge in [-0.2, -0.15) is 0 Å². The lowest BCUT2D eigenvalue weighted by atomic mass is 9.73. The Hall–Kier alpha value is -3.22. The number of carbonyl (C=O) groups is 2. The van der Waals surface area contributed by atoms with Crippen LogP contribution < -0.4 is 0 Å². The number of rotatable bonds is 2. The Morgan fingerprint density at radius 3 is 2.21 bits per heavy atom. The van der Waals surface area contributed by atoms with Crippen molar-refractivity contribution in [3.63, 3.8) is 0 Å². The molecule has 1 aromatic rings. The summed E-state index contributed by atoms with van der Waals surface area (Å²) in [5.74, 6) is -3.16. The summed E-state index contributed by atoms with van der Waals surface area (Å²) < 4.78 is 11.0. The maximum atomic E-state index is 13.5. The Morgan fingerprint density at radius 2 is 1.58 bits per heavy atom. The second-order valence-corrected chi connectivity index (χ2v) is 9.44. The summed E-state index contributed by atoms with van der Waals surface area (Å²) in [6.07, 6.45) is 0.861. The van der Waals surface area contributed by atoms with E-state index in [0.29, 0.717) is 22.3 Å². The number of Topliss-reactive ketones (excluding diaryl/α,β-unsaturated/α-hetero) is 1. The third-order valence-electron chi connectivity index (χ3n) is 7.65. The zero-order valence-corrected chi connectivity index (χ0v) is 19.9. The van der Waals surface area contributed by atoms with Gasteiger partial charge < -0.3 is 24.8 Å². The monoisotopic (exact) mass is 454 g/mol. The van der Waals surface area contributed by atoms with Gasteiger partial charge in [-0.25, -0.2) is 4.79 Å². The highest BCUT2D eigenvalue weighted by molar-refractivity contribution is 6.14. The Bertz CT molecular complexity index is 1180. The molecule has 3 aliphatic rings. The number of phenolic OH excluding ortho intramolecular Hbond substituents is 2. The molecule has 3 N–H and O–H groups in total. The number of esters is 1. The number of phenols is 2. The molecule has 0 spiro atoms. The van der Waals surface area contributed by atoms with Crippen LogP contribution in [0.3, 0.4) is 0 Å². The number of benzene rings is 1. The molecule has 0 radical (unpaired) electrons. The molecule has 4 rings (SSSR count). The molecule has 1 aromatic carbocycles. The average molecular weight is 455 g/mol. The Balaban J connectivity index is 1.94. The van der Waals surface area contributed by atoms with Crippen LogP contribution >= 0.6 is 0 Å². The molecule has 0 amide bonds. The minimum Gasteiger partial charge on any atom is -0.507 e. The van der Waals surface area contributed by atoms with Crippen molar-refractivity contribution < 1.29 is 34.4 Å². The van der Waals surface area contributed by atoms with Crippen LogP contribution in [0, 0.1) is 12.8 Å². The fraction of sp³-hybridized carbons (Fsp3) is 0.462. The van der Waals surface area contributed by atoms with Gasteiger partial charge in [-0.3, -0.25) is 4.79 Å². The second kappa shape index (κ2) is 7.68. The van der Waals surface area contributed by atoms with Crippen LogP contribution in [-0.4, -0.2) is 39.3 Å². The predicted octanol–water partition coefficient (Wildman–Crippen LogP) is 4.82. The van der Waals surface area contributed by atoms with Crippen LogP contribution in [0.1, 0.15) is 80.4 Å². The molecular weight excluding hydrogens is 424 g/mol. The fourth-order valence-corrected chi connectivity index (χ4v) is 5.33. The number of ether oxygens (including phenoxy) is 2. The van der Waals surface area contributed by atoms with E-state index in [1.165, 1.54) is 6.26 Å². The zero-order chi connectivity index (χ0) is 24.5. The van der Waals surface area contributed by atoms with E-state index in [1.807, 2.05) is 20.8 Å². The van der Waals surface area contributed by atoms with Crippen molar-refractivity contribution in [2.75, 3.05) is 0 Å². The summed E-state index contributed by atoms with van der Waals surface area (Å²) in [5.41, 5.74) is 2.65. The molecule has 5 atom stereocenters. The van der Waals surface area contributed by atoms with Gasteiger partial charge in [-0.15, -0.1) is 0 Å². The number of allylic oxidation sites excluding steroid dienone is 3. The lowest BCUT2D eigenvalue weighted by molar-refractivity contribution is -0.113. The molecule has 0 bridgehead atoms. The van der Waals surface area contributed by atoms with Gasteiger partial charge >= 0.3 is 5.97 Å². The van der Waals surface area contributed by atoms with Gasteiger partial charge in [0, 0.05) is 28.9 Å². The highest BCUT2D eigenvalue weighted by Crippen LogP contribution is 2.51. The molecule has 1 aliphatic carbocycles. The largest absolute Gasteiger partial charge is 0.507 e. The molecule has 2 aliphatic heterocycles.